The number of hydrogen-bond acceptors (Lipinski definition) is 5. The van der Waals surface area contributed by atoms with Crippen molar-refractivity contribution < 1.29 is 18.3 Å². The molecule has 122 valence electrons. The Morgan fingerprint density at radius 1 is 1.55 bits per heavy atom. The number of pyridine rings is 1. The fourth-order valence-electron chi connectivity index (χ4n) is 3.73. The number of halogens is 1. The van der Waals surface area contributed by atoms with Crippen molar-refractivity contribution in [2.75, 3.05) is 6.61 Å². The monoisotopic (exact) mass is 346 g/mol. The number of aromatic nitrogens is 1. The minimum absolute atomic E-state index is 0.127. The van der Waals surface area contributed by atoms with Gasteiger partial charge in [-0.3, -0.25) is 0 Å². The lowest BCUT2D eigenvalue weighted by atomic mass is 9.80. The van der Waals surface area contributed by atoms with E-state index in [0.29, 0.717) is 24.4 Å². The summed E-state index contributed by atoms with van der Waals surface area (Å²) in [5.74, 6) is 1.38. The van der Waals surface area contributed by atoms with Gasteiger partial charge in [-0.1, -0.05) is 11.6 Å². The van der Waals surface area contributed by atoms with Crippen molar-refractivity contribution in [1.82, 2.24) is 4.98 Å². The highest BCUT2D eigenvalue weighted by molar-refractivity contribution is 7.89. The number of hydrogen-bond donors (Lipinski definition) is 2. The third kappa shape index (κ3) is 2.95. The molecule has 0 radical (unpaired) electrons. The smallest absolute Gasteiger partial charge is 0.239 e. The Kier molecular flexibility index (Phi) is 3.87. The van der Waals surface area contributed by atoms with Gasteiger partial charge in [-0.2, -0.15) is 0 Å². The number of ether oxygens (including phenoxy) is 1. The summed E-state index contributed by atoms with van der Waals surface area (Å²) < 4.78 is 28.1. The van der Waals surface area contributed by atoms with Crippen LogP contribution in [0.3, 0.4) is 0 Å². The van der Waals surface area contributed by atoms with Crippen molar-refractivity contribution in [2.24, 2.45) is 22.9 Å². The Morgan fingerprint density at radius 3 is 2.77 bits per heavy atom. The molecule has 4 atom stereocenters. The van der Waals surface area contributed by atoms with E-state index >= 15 is 0 Å². The van der Waals surface area contributed by atoms with E-state index in [-0.39, 0.29) is 15.8 Å². The van der Waals surface area contributed by atoms with Gasteiger partial charge in [0.1, 0.15) is 9.92 Å². The molecule has 6 nitrogen and oxygen atoms in total. The summed E-state index contributed by atoms with van der Waals surface area (Å²) in [6, 6.07) is 1.24. The van der Waals surface area contributed by atoms with Crippen LogP contribution in [0.25, 0.3) is 0 Å². The van der Waals surface area contributed by atoms with Gasteiger partial charge in [-0.15, -0.1) is 0 Å². The highest BCUT2D eigenvalue weighted by Crippen LogP contribution is 2.53. The topological polar surface area (TPSA) is 103 Å². The minimum Gasteiger partial charge on any atom is -0.476 e. The van der Waals surface area contributed by atoms with Crippen molar-refractivity contribution in [3.8, 4) is 5.88 Å². The predicted octanol–water partition coefficient (Wildman–Crippen LogP) is 1.56. The summed E-state index contributed by atoms with van der Waals surface area (Å²) >= 11 is 6.00. The molecule has 1 heterocycles. The largest absolute Gasteiger partial charge is 0.476 e. The zero-order valence-electron chi connectivity index (χ0n) is 12.2. The van der Waals surface area contributed by atoms with Crippen LogP contribution in [0.4, 0.5) is 0 Å². The second-order valence-electron chi connectivity index (χ2n) is 6.56. The Balaban J connectivity index is 1.64. The third-order valence-electron chi connectivity index (χ3n) is 4.94. The molecule has 22 heavy (non-hydrogen) atoms. The van der Waals surface area contributed by atoms with Crippen molar-refractivity contribution in [2.45, 2.75) is 36.7 Å². The molecule has 1 aromatic rings. The maximum Gasteiger partial charge on any atom is 0.239 e. The number of primary sulfonamides is 1. The SMILES string of the molecule is C[C@@]1(O)C[C@@H]2C[C@@H]1C[C@H]2COc1ncc(S(N)(=O)=O)cc1Cl. The summed E-state index contributed by atoms with van der Waals surface area (Å²) in [7, 11) is -3.82. The average Bonchev–Trinajstić information content (AvgIpc) is 2.91. The molecule has 2 aliphatic carbocycles. The fourth-order valence-corrected chi connectivity index (χ4v) is 4.49. The molecule has 3 N–H and O–H groups in total. The van der Waals surface area contributed by atoms with Gasteiger partial charge in [-0.05, 0) is 50.0 Å². The highest BCUT2D eigenvalue weighted by atomic mass is 35.5. The molecule has 2 fully saturated rings. The normalized spacial score (nSPS) is 34.1. The second kappa shape index (κ2) is 5.33. The average molecular weight is 347 g/mol. The molecule has 2 bridgehead atoms. The highest BCUT2D eigenvalue weighted by Gasteiger charge is 2.51. The molecule has 1 aromatic heterocycles. The van der Waals surface area contributed by atoms with Gasteiger partial charge in [0.15, 0.2) is 0 Å². The van der Waals surface area contributed by atoms with Crippen LogP contribution in [0.15, 0.2) is 17.2 Å². The molecule has 0 saturated heterocycles. The van der Waals surface area contributed by atoms with Gasteiger partial charge >= 0.3 is 0 Å². The van der Waals surface area contributed by atoms with Gasteiger partial charge in [0.25, 0.3) is 0 Å². The van der Waals surface area contributed by atoms with E-state index in [4.69, 9.17) is 21.5 Å². The van der Waals surface area contributed by atoms with Crippen LogP contribution in [-0.2, 0) is 10.0 Å². The summed E-state index contributed by atoms with van der Waals surface area (Å²) in [4.78, 5) is 3.80. The summed E-state index contributed by atoms with van der Waals surface area (Å²) in [5, 5.41) is 15.3. The van der Waals surface area contributed by atoms with Crippen molar-refractivity contribution in [3.05, 3.63) is 17.3 Å². The Bertz CT molecular complexity index is 692. The zero-order valence-corrected chi connectivity index (χ0v) is 13.8. The van der Waals surface area contributed by atoms with Crippen LogP contribution in [0.1, 0.15) is 26.2 Å². The van der Waals surface area contributed by atoms with Crippen molar-refractivity contribution in [1.29, 1.82) is 0 Å². The summed E-state index contributed by atoms with van der Waals surface area (Å²) in [6.45, 7) is 2.37. The first-order chi connectivity index (χ1) is 10.2. The third-order valence-corrected chi connectivity index (χ3v) is 6.09. The lowest BCUT2D eigenvalue weighted by Crippen LogP contribution is -2.35. The first kappa shape index (κ1) is 16.0. The van der Waals surface area contributed by atoms with Crippen LogP contribution >= 0.6 is 11.6 Å². The van der Waals surface area contributed by atoms with Gasteiger partial charge in [0.05, 0.1) is 18.4 Å². The quantitative estimate of drug-likeness (QED) is 0.861. The van der Waals surface area contributed by atoms with Crippen molar-refractivity contribution >= 4 is 21.6 Å². The van der Waals surface area contributed by atoms with Gasteiger partial charge in [0, 0.05) is 0 Å². The predicted molar refractivity (Wildman–Crippen MR) is 81.1 cm³/mol. The van der Waals surface area contributed by atoms with E-state index in [0.717, 1.165) is 25.5 Å². The molecule has 8 heteroatoms. The van der Waals surface area contributed by atoms with E-state index in [2.05, 4.69) is 4.98 Å². The molecule has 2 aliphatic rings. The van der Waals surface area contributed by atoms with E-state index in [1.165, 1.54) is 6.07 Å². The van der Waals surface area contributed by atoms with Gasteiger partial charge < -0.3 is 9.84 Å². The lowest BCUT2D eigenvalue weighted by molar-refractivity contribution is -0.0121. The van der Waals surface area contributed by atoms with Crippen LogP contribution in [0.2, 0.25) is 5.02 Å². The van der Waals surface area contributed by atoms with Crippen LogP contribution in [-0.4, -0.2) is 30.7 Å². The Morgan fingerprint density at radius 2 is 2.27 bits per heavy atom. The van der Waals surface area contributed by atoms with E-state index < -0.39 is 15.6 Å². The Labute approximate surface area is 134 Å². The van der Waals surface area contributed by atoms with E-state index in [1.807, 2.05) is 6.92 Å². The first-order valence-electron chi connectivity index (χ1n) is 7.20. The minimum atomic E-state index is -3.82. The summed E-state index contributed by atoms with van der Waals surface area (Å²) in [6.07, 6.45) is 3.91. The zero-order chi connectivity index (χ0) is 16.1. The molecule has 0 aromatic carbocycles. The van der Waals surface area contributed by atoms with Gasteiger partial charge in [0.2, 0.25) is 15.9 Å². The molecule has 0 unspecified atom stereocenters. The lowest BCUT2D eigenvalue weighted by Gasteiger charge is -2.32. The number of fused-ring (bicyclic) bond motifs is 2. The fraction of sp³-hybridized carbons (Fsp3) is 0.643. The molecular formula is C14H19ClN2O4S. The number of aliphatic hydroxyl groups is 1. The van der Waals surface area contributed by atoms with Gasteiger partial charge in [-0.25, -0.2) is 18.5 Å². The van der Waals surface area contributed by atoms with Crippen LogP contribution < -0.4 is 9.88 Å². The second-order valence-corrected chi connectivity index (χ2v) is 8.53. The molecule has 0 aliphatic heterocycles. The van der Waals surface area contributed by atoms with Crippen LogP contribution in [0, 0.1) is 17.8 Å². The molecule has 0 spiro atoms. The first-order valence-corrected chi connectivity index (χ1v) is 9.13. The standard InChI is InChI=1S/C14H19ClN2O4S/c1-14(18)5-8-2-10(14)3-9(8)7-21-13-12(15)4-11(6-17-13)22(16,19)20/h4,6,8-10,18H,2-3,5,7H2,1H3,(H2,16,19,20)/t8-,9-,10+,14+/m0/s1. The molecule has 2 saturated carbocycles. The molecule has 0 amide bonds. The molecular weight excluding hydrogens is 328 g/mol. The van der Waals surface area contributed by atoms with E-state index in [9.17, 15) is 13.5 Å². The maximum atomic E-state index is 11.2. The number of nitrogens with two attached hydrogens (primary N) is 1. The number of sulfonamides is 1. The number of nitrogens with zero attached hydrogens (tertiary/aromatic N) is 1. The number of rotatable bonds is 4. The van der Waals surface area contributed by atoms with Crippen molar-refractivity contribution in [3.63, 3.8) is 0 Å². The Hall–Kier alpha value is -0.890. The van der Waals surface area contributed by atoms with Crippen LogP contribution in [0.5, 0.6) is 5.88 Å². The van der Waals surface area contributed by atoms with E-state index in [1.54, 1.807) is 0 Å². The maximum absolute atomic E-state index is 11.2. The summed E-state index contributed by atoms with van der Waals surface area (Å²) in [5.41, 5.74) is -0.547. The molecule has 3 rings (SSSR count).